The highest BCUT2D eigenvalue weighted by atomic mass is 32.2. The van der Waals surface area contributed by atoms with Crippen LogP contribution in [0.15, 0.2) is 29.2 Å². The molecule has 5 heteroatoms. The molecule has 1 N–H and O–H groups in total. The molecule has 128 valence electrons. The molecule has 1 amide bonds. The fraction of sp³-hybridized carbons (Fsp3) is 0.579. The fourth-order valence-electron chi connectivity index (χ4n) is 5.50. The Morgan fingerprint density at radius 3 is 2.25 bits per heavy atom. The molecule has 0 aromatic heterocycles. The van der Waals surface area contributed by atoms with Gasteiger partial charge >= 0.3 is 0 Å². The number of nitrogens with one attached hydrogen (secondary N) is 1. The minimum Gasteiger partial charge on any atom is -0.545 e. The highest BCUT2D eigenvalue weighted by molar-refractivity contribution is 8.00. The largest absolute Gasteiger partial charge is 0.545 e. The molecule has 0 atom stereocenters. The number of carbonyl (C=O) groups excluding carboxylic acids is 2. The van der Waals surface area contributed by atoms with E-state index in [0.717, 1.165) is 37.0 Å². The van der Waals surface area contributed by atoms with Crippen molar-refractivity contribution in [2.24, 2.45) is 17.8 Å². The predicted octanol–water partition coefficient (Wildman–Crippen LogP) is 2.23. The second kappa shape index (κ2) is 6.10. The third-order valence-electron chi connectivity index (χ3n) is 5.91. The van der Waals surface area contributed by atoms with Gasteiger partial charge in [-0.3, -0.25) is 4.79 Å². The Bertz CT molecular complexity index is 637. The summed E-state index contributed by atoms with van der Waals surface area (Å²) in [7, 11) is 0. The molecule has 24 heavy (non-hydrogen) atoms. The lowest BCUT2D eigenvalue weighted by Crippen LogP contribution is -2.60. The van der Waals surface area contributed by atoms with Gasteiger partial charge in [0.2, 0.25) is 5.91 Å². The van der Waals surface area contributed by atoms with E-state index < -0.39 is 5.97 Å². The van der Waals surface area contributed by atoms with E-state index in [2.05, 4.69) is 5.32 Å². The molecule has 0 heterocycles. The van der Waals surface area contributed by atoms with Crippen molar-refractivity contribution in [2.45, 2.75) is 49.0 Å². The van der Waals surface area contributed by atoms with Crippen molar-refractivity contribution >= 4 is 23.6 Å². The minimum absolute atomic E-state index is 0.0142. The first-order valence-electron chi connectivity index (χ1n) is 8.77. The summed E-state index contributed by atoms with van der Waals surface area (Å²) in [4.78, 5) is 24.2. The van der Waals surface area contributed by atoms with Crippen LogP contribution < -0.4 is 10.4 Å². The summed E-state index contributed by atoms with van der Waals surface area (Å²) in [5.74, 6) is 1.47. The third-order valence-corrected chi connectivity index (χ3v) is 6.98. The highest BCUT2D eigenvalue weighted by Crippen LogP contribution is 2.55. The van der Waals surface area contributed by atoms with Crippen molar-refractivity contribution < 1.29 is 14.7 Å². The molecule has 0 unspecified atom stereocenters. The van der Waals surface area contributed by atoms with Crippen LogP contribution >= 0.6 is 11.8 Å². The van der Waals surface area contributed by atoms with Crippen LogP contribution in [0.5, 0.6) is 0 Å². The van der Waals surface area contributed by atoms with Gasteiger partial charge < -0.3 is 15.2 Å². The molecule has 0 spiro atoms. The maximum absolute atomic E-state index is 12.5. The van der Waals surface area contributed by atoms with Crippen LogP contribution in [0, 0.1) is 17.8 Å². The summed E-state index contributed by atoms with van der Waals surface area (Å²) in [6, 6.07) is 6.71. The normalized spacial score (nSPS) is 33.4. The molecule has 1 aromatic carbocycles. The lowest BCUT2D eigenvalue weighted by Gasteiger charge is -2.56. The molecule has 5 rings (SSSR count). The van der Waals surface area contributed by atoms with Crippen LogP contribution in [0.25, 0.3) is 0 Å². The molecule has 4 saturated carbocycles. The second-order valence-electron chi connectivity index (χ2n) is 7.82. The summed E-state index contributed by atoms with van der Waals surface area (Å²) in [6.07, 6.45) is 7.44. The maximum Gasteiger partial charge on any atom is 0.230 e. The number of amides is 1. The van der Waals surface area contributed by atoms with Crippen LogP contribution in [-0.2, 0) is 4.79 Å². The average Bonchev–Trinajstić information content (AvgIpc) is 2.51. The van der Waals surface area contributed by atoms with E-state index in [0.29, 0.717) is 4.90 Å². The molecule has 1 aromatic rings. The number of benzene rings is 1. The first-order valence-corrected chi connectivity index (χ1v) is 9.76. The summed E-state index contributed by atoms with van der Waals surface area (Å²) >= 11 is 1.28. The second-order valence-corrected chi connectivity index (χ2v) is 8.84. The molecule has 0 radical (unpaired) electrons. The summed E-state index contributed by atoms with van der Waals surface area (Å²) in [5, 5.41) is 14.5. The van der Waals surface area contributed by atoms with Gasteiger partial charge in [0, 0.05) is 16.0 Å². The Hall–Kier alpha value is -1.49. The number of carbonyl (C=O) groups is 2. The van der Waals surface area contributed by atoms with Gasteiger partial charge in [0.15, 0.2) is 0 Å². The number of thioether (sulfide) groups is 1. The number of hydrogen-bond acceptors (Lipinski definition) is 4. The number of rotatable bonds is 5. The van der Waals surface area contributed by atoms with E-state index in [1.165, 1.54) is 37.1 Å². The molecule has 4 aliphatic carbocycles. The van der Waals surface area contributed by atoms with E-state index in [9.17, 15) is 14.7 Å². The lowest BCUT2D eigenvalue weighted by atomic mass is 9.53. The Labute approximate surface area is 146 Å². The Morgan fingerprint density at radius 1 is 1.08 bits per heavy atom. The summed E-state index contributed by atoms with van der Waals surface area (Å²) in [5.41, 5.74) is 0.172. The summed E-state index contributed by atoms with van der Waals surface area (Å²) in [6.45, 7) is 0. The van der Waals surface area contributed by atoms with Crippen LogP contribution in [0.4, 0.5) is 0 Å². The van der Waals surface area contributed by atoms with Gasteiger partial charge in [-0.1, -0.05) is 18.2 Å². The third kappa shape index (κ3) is 3.06. The van der Waals surface area contributed by atoms with Crippen LogP contribution in [0.2, 0.25) is 0 Å². The van der Waals surface area contributed by atoms with Gasteiger partial charge in [-0.2, -0.15) is 0 Å². The van der Waals surface area contributed by atoms with Gasteiger partial charge in [-0.05, 0) is 62.3 Å². The zero-order valence-corrected chi connectivity index (χ0v) is 14.4. The molecule has 4 bridgehead atoms. The smallest absolute Gasteiger partial charge is 0.230 e. The molecular weight excluding hydrogens is 322 g/mol. The van der Waals surface area contributed by atoms with Gasteiger partial charge in [0.1, 0.15) is 0 Å². The van der Waals surface area contributed by atoms with Crippen molar-refractivity contribution in [1.82, 2.24) is 5.32 Å². The van der Waals surface area contributed by atoms with Gasteiger partial charge in [-0.25, -0.2) is 0 Å². The number of aromatic carboxylic acids is 1. The number of carboxylic acids is 1. The molecule has 0 aliphatic heterocycles. The number of carboxylic acid groups (broad SMARTS) is 1. The number of hydrogen-bond donors (Lipinski definition) is 1. The SMILES string of the molecule is O=C(CSc1ccccc1C(=O)[O-])NC12CC3CC(CC(C3)C1)C2. The molecule has 4 nitrogen and oxygen atoms in total. The quantitative estimate of drug-likeness (QED) is 0.832. The monoisotopic (exact) mass is 344 g/mol. The molecule has 4 fully saturated rings. The zero-order valence-electron chi connectivity index (χ0n) is 13.6. The Balaban J connectivity index is 1.39. The predicted molar refractivity (Wildman–Crippen MR) is 90.5 cm³/mol. The van der Waals surface area contributed by atoms with E-state index in [1.54, 1.807) is 18.2 Å². The van der Waals surface area contributed by atoms with E-state index in [-0.39, 0.29) is 22.8 Å². The lowest BCUT2D eigenvalue weighted by molar-refractivity contribution is -0.255. The van der Waals surface area contributed by atoms with Crippen LogP contribution in [0.3, 0.4) is 0 Å². The van der Waals surface area contributed by atoms with Crippen LogP contribution in [-0.4, -0.2) is 23.2 Å². The van der Waals surface area contributed by atoms with Gasteiger partial charge in [0.05, 0.1) is 11.7 Å². The van der Waals surface area contributed by atoms with Crippen molar-refractivity contribution in [2.75, 3.05) is 5.75 Å². The molecule has 4 aliphatic rings. The van der Waals surface area contributed by atoms with E-state index in [4.69, 9.17) is 0 Å². The van der Waals surface area contributed by atoms with Gasteiger partial charge in [0.25, 0.3) is 0 Å². The standard InChI is InChI=1S/C19H23NO3S/c21-17(11-24-16-4-2-1-3-15(16)18(22)23)20-19-8-12-5-13(9-19)7-14(6-12)10-19/h1-4,12-14H,5-11H2,(H,20,21)(H,22,23)/p-1. The Kier molecular flexibility index (Phi) is 4.07. The maximum atomic E-state index is 12.5. The Morgan fingerprint density at radius 2 is 1.67 bits per heavy atom. The van der Waals surface area contributed by atoms with Crippen LogP contribution in [0.1, 0.15) is 48.9 Å². The van der Waals surface area contributed by atoms with E-state index in [1.807, 2.05) is 0 Å². The van der Waals surface area contributed by atoms with Crippen molar-refractivity contribution in [3.63, 3.8) is 0 Å². The highest BCUT2D eigenvalue weighted by Gasteiger charge is 2.51. The first kappa shape index (κ1) is 16.0. The van der Waals surface area contributed by atoms with Crippen molar-refractivity contribution in [3.8, 4) is 0 Å². The molecular formula is C19H22NO3S-. The zero-order chi connectivity index (χ0) is 16.7. The first-order chi connectivity index (χ1) is 11.5. The fourth-order valence-corrected chi connectivity index (χ4v) is 6.34. The van der Waals surface area contributed by atoms with Crippen molar-refractivity contribution in [1.29, 1.82) is 0 Å². The van der Waals surface area contributed by atoms with Crippen molar-refractivity contribution in [3.05, 3.63) is 29.8 Å². The van der Waals surface area contributed by atoms with Gasteiger partial charge in [-0.15, -0.1) is 11.8 Å². The summed E-state index contributed by atoms with van der Waals surface area (Å²) < 4.78 is 0. The average molecular weight is 344 g/mol. The van der Waals surface area contributed by atoms with E-state index >= 15 is 0 Å². The topological polar surface area (TPSA) is 69.2 Å². The molecule has 0 saturated heterocycles. The minimum atomic E-state index is -1.19.